The van der Waals surface area contributed by atoms with Crippen molar-refractivity contribution in [1.29, 1.82) is 0 Å². The highest BCUT2D eigenvalue weighted by atomic mass is 16.6. The summed E-state index contributed by atoms with van der Waals surface area (Å²) < 4.78 is 11.6. The largest absolute Gasteiger partial charge is 0.459 e. The molecular weight excluding hydrogens is 400 g/mol. The minimum absolute atomic E-state index is 0.0854. The molecule has 0 saturated carbocycles. The number of rotatable bonds is 10. The second-order valence-electron chi connectivity index (χ2n) is 9.09. The lowest BCUT2D eigenvalue weighted by molar-refractivity contribution is -0.0298. The minimum atomic E-state index is -0.377. The van der Waals surface area contributed by atoms with Crippen LogP contribution >= 0.6 is 0 Å². The van der Waals surface area contributed by atoms with Crippen molar-refractivity contribution in [1.82, 2.24) is 0 Å². The number of ether oxygens (including phenoxy) is 2. The van der Waals surface area contributed by atoms with E-state index in [0.29, 0.717) is 29.4 Å². The summed E-state index contributed by atoms with van der Waals surface area (Å²) in [4.78, 5) is 25.4. The number of hydrogen-bond donors (Lipinski definition) is 0. The van der Waals surface area contributed by atoms with E-state index in [1.807, 2.05) is 69.3 Å². The second-order valence-corrected chi connectivity index (χ2v) is 9.09. The second kappa shape index (κ2) is 11.8. The van der Waals surface area contributed by atoms with E-state index in [2.05, 4.69) is 27.7 Å². The summed E-state index contributed by atoms with van der Waals surface area (Å²) in [5.41, 5.74) is 3.44. The SMILES string of the molecule is CCC(OC(=O)c1ccc(C(C)C)cc1)C(CC)C(C)OC(=O)c1ccc(C(C)C)cc1. The Kier molecular flexibility index (Phi) is 9.49. The number of benzene rings is 2. The minimum Gasteiger partial charge on any atom is -0.459 e. The smallest absolute Gasteiger partial charge is 0.338 e. The van der Waals surface area contributed by atoms with Crippen LogP contribution in [0.3, 0.4) is 0 Å². The molecule has 0 saturated heterocycles. The number of hydrogen-bond acceptors (Lipinski definition) is 4. The molecule has 3 unspecified atom stereocenters. The highest BCUT2D eigenvalue weighted by Gasteiger charge is 2.30. The molecule has 0 aliphatic carbocycles. The van der Waals surface area contributed by atoms with Crippen LogP contribution in [0.4, 0.5) is 0 Å². The molecule has 0 spiro atoms. The van der Waals surface area contributed by atoms with Gasteiger partial charge in [0.25, 0.3) is 0 Å². The van der Waals surface area contributed by atoms with Gasteiger partial charge in [0.2, 0.25) is 0 Å². The maximum Gasteiger partial charge on any atom is 0.338 e. The molecule has 2 rings (SSSR count). The lowest BCUT2D eigenvalue weighted by Gasteiger charge is -2.30. The van der Waals surface area contributed by atoms with E-state index in [4.69, 9.17) is 9.47 Å². The van der Waals surface area contributed by atoms with Crippen LogP contribution in [0.25, 0.3) is 0 Å². The van der Waals surface area contributed by atoms with Gasteiger partial charge in [0, 0.05) is 5.92 Å². The van der Waals surface area contributed by atoms with Crippen molar-refractivity contribution < 1.29 is 19.1 Å². The fraction of sp³-hybridized carbons (Fsp3) is 0.500. The maximum absolute atomic E-state index is 12.7. The maximum atomic E-state index is 12.7. The van der Waals surface area contributed by atoms with Gasteiger partial charge in [-0.25, -0.2) is 9.59 Å². The molecule has 2 aromatic rings. The number of carbonyl (C=O) groups is 2. The average Bonchev–Trinajstić information content (AvgIpc) is 2.78. The Hall–Kier alpha value is -2.62. The van der Waals surface area contributed by atoms with Crippen LogP contribution in [0.5, 0.6) is 0 Å². The Balaban J connectivity index is 2.05. The molecular formula is C28H38O4. The van der Waals surface area contributed by atoms with Crippen LogP contribution in [-0.4, -0.2) is 24.1 Å². The molecule has 3 atom stereocenters. The van der Waals surface area contributed by atoms with Crippen LogP contribution in [0, 0.1) is 5.92 Å². The van der Waals surface area contributed by atoms with Crippen molar-refractivity contribution in [2.45, 2.75) is 85.4 Å². The Morgan fingerprint density at radius 2 is 1.06 bits per heavy atom. The van der Waals surface area contributed by atoms with Crippen molar-refractivity contribution >= 4 is 11.9 Å². The van der Waals surface area contributed by atoms with Crippen molar-refractivity contribution in [3.63, 3.8) is 0 Å². The van der Waals surface area contributed by atoms with Crippen LogP contribution < -0.4 is 0 Å². The van der Waals surface area contributed by atoms with Crippen LogP contribution in [0.1, 0.15) is 105 Å². The summed E-state index contributed by atoms with van der Waals surface area (Å²) in [5.74, 6) is 0.0398. The Labute approximate surface area is 193 Å². The first-order chi connectivity index (χ1) is 15.2. The monoisotopic (exact) mass is 438 g/mol. The fourth-order valence-corrected chi connectivity index (χ4v) is 3.91. The van der Waals surface area contributed by atoms with Crippen molar-refractivity contribution in [2.75, 3.05) is 0 Å². The molecule has 2 aromatic carbocycles. The molecule has 0 fully saturated rings. The van der Waals surface area contributed by atoms with Gasteiger partial charge in [-0.05, 0) is 67.0 Å². The molecule has 4 heteroatoms. The molecule has 32 heavy (non-hydrogen) atoms. The lowest BCUT2D eigenvalue weighted by Crippen LogP contribution is -2.36. The standard InChI is InChI=1S/C28H38O4/c1-8-25(20(7)31-27(29)23-14-10-21(11-15-23)18(3)4)26(9-2)32-28(30)24-16-12-22(13-17-24)19(5)6/h10-20,25-26H,8-9H2,1-7H3. The normalized spacial score (nSPS) is 14.2. The van der Waals surface area contributed by atoms with Gasteiger partial charge in [-0.3, -0.25) is 0 Å². The summed E-state index contributed by atoms with van der Waals surface area (Å²) in [5, 5.41) is 0. The van der Waals surface area contributed by atoms with Gasteiger partial charge < -0.3 is 9.47 Å². The highest BCUT2D eigenvalue weighted by molar-refractivity contribution is 5.90. The van der Waals surface area contributed by atoms with Crippen molar-refractivity contribution in [3.05, 3.63) is 70.8 Å². The predicted octanol–water partition coefficient (Wildman–Crippen LogP) is 7.14. The zero-order valence-corrected chi connectivity index (χ0v) is 20.6. The molecule has 0 bridgehead atoms. The van der Waals surface area contributed by atoms with Crippen molar-refractivity contribution in [2.24, 2.45) is 5.92 Å². The lowest BCUT2D eigenvalue weighted by atomic mass is 9.92. The number of carbonyl (C=O) groups excluding carboxylic acids is 2. The Morgan fingerprint density at radius 1 is 0.656 bits per heavy atom. The summed E-state index contributed by atoms with van der Waals surface area (Å²) >= 11 is 0. The molecule has 4 nitrogen and oxygen atoms in total. The van der Waals surface area contributed by atoms with E-state index < -0.39 is 0 Å². The number of esters is 2. The molecule has 0 amide bonds. The first kappa shape index (κ1) is 25.6. The van der Waals surface area contributed by atoms with E-state index in [9.17, 15) is 9.59 Å². The third kappa shape index (κ3) is 6.69. The summed E-state index contributed by atoms with van der Waals surface area (Å²) in [6.45, 7) is 14.4. The zero-order chi connectivity index (χ0) is 23.8. The van der Waals surface area contributed by atoms with Gasteiger partial charge in [-0.15, -0.1) is 0 Å². The highest BCUT2D eigenvalue weighted by Crippen LogP contribution is 2.25. The Morgan fingerprint density at radius 3 is 1.41 bits per heavy atom. The average molecular weight is 439 g/mol. The molecule has 0 radical (unpaired) electrons. The molecule has 0 aliphatic rings. The molecule has 0 aliphatic heterocycles. The summed E-state index contributed by atoms with van der Waals surface area (Å²) in [6, 6.07) is 15.1. The van der Waals surface area contributed by atoms with Gasteiger partial charge in [-0.2, -0.15) is 0 Å². The third-order valence-corrected chi connectivity index (χ3v) is 6.13. The van der Waals surface area contributed by atoms with E-state index in [1.165, 1.54) is 11.1 Å². The fourth-order valence-electron chi connectivity index (χ4n) is 3.91. The van der Waals surface area contributed by atoms with Gasteiger partial charge in [0.1, 0.15) is 12.2 Å². The topological polar surface area (TPSA) is 52.6 Å². The first-order valence-electron chi connectivity index (χ1n) is 11.8. The van der Waals surface area contributed by atoms with Gasteiger partial charge in [-0.1, -0.05) is 65.8 Å². The van der Waals surface area contributed by atoms with E-state index in [0.717, 1.165) is 6.42 Å². The van der Waals surface area contributed by atoms with E-state index >= 15 is 0 Å². The summed E-state index contributed by atoms with van der Waals surface area (Å²) in [6.07, 6.45) is 0.680. The molecule has 0 aromatic heterocycles. The molecule has 174 valence electrons. The predicted molar refractivity (Wildman–Crippen MR) is 129 cm³/mol. The van der Waals surface area contributed by atoms with Gasteiger partial charge in [0.15, 0.2) is 0 Å². The Bertz CT molecular complexity index is 865. The van der Waals surface area contributed by atoms with E-state index in [-0.39, 0.29) is 30.1 Å². The third-order valence-electron chi connectivity index (χ3n) is 6.13. The van der Waals surface area contributed by atoms with Crippen LogP contribution in [-0.2, 0) is 9.47 Å². The summed E-state index contributed by atoms with van der Waals surface area (Å²) in [7, 11) is 0. The zero-order valence-electron chi connectivity index (χ0n) is 20.6. The van der Waals surface area contributed by atoms with E-state index in [1.54, 1.807) is 0 Å². The molecule has 0 N–H and O–H groups in total. The van der Waals surface area contributed by atoms with Gasteiger partial charge >= 0.3 is 11.9 Å². The quantitative estimate of drug-likeness (QED) is 0.370. The first-order valence-corrected chi connectivity index (χ1v) is 11.8. The van der Waals surface area contributed by atoms with Crippen LogP contribution in [0.15, 0.2) is 48.5 Å². The molecule has 0 heterocycles. The van der Waals surface area contributed by atoms with Crippen LogP contribution in [0.2, 0.25) is 0 Å². The van der Waals surface area contributed by atoms with Crippen molar-refractivity contribution in [3.8, 4) is 0 Å². The van der Waals surface area contributed by atoms with Gasteiger partial charge in [0.05, 0.1) is 11.1 Å².